The smallest absolute Gasteiger partial charge is 0.290 e. The number of nitrogens with two attached hydrogens (primary N) is 1. The Labute approximate surface area is 347 Å². The number of nitrogens with zero attached hydrogens (tertiary/aromatic N) is 2. The summed E-state index contributed by atoms with van der Waals surface area (Å²) in [6.07, 6.45) is 3.55. The Hall–Kier alpha value is -6.49. The van der Waals surface area contributed by atoms with Crippen molar-refractivity contribution in [3.8, 4) is 0 Å². The average molecular weight is 826 g/mol. The van der Waals surface area contributed by atoms with E-state index in [9.17, 15) is 43.7 Å². The van der Waals surface area contributed by atoms with E-state index < -0.39 is 88.7 Å². The number of nitro groups is 1. The topological polar surface area (TPSA) is 249 Å². The fraction of sp³-hybridized carbons (Fsp3) is 0.419. The summed E-state index contributed by atoms with van der Waals surface area (Å²) in [4.78, 5) is 106. The number of benzene rings is 3. The molecule has 0 radical (unpaired) electrons. The van der Waals surface area contributed by atoms with Gasteiger partial charge in [-0.05, 0) is 42.4 Å². The fourth-order valence-corrected chi connectivity index (χ4v) is 7.68. The Bertz CT molecular complexity index is 2030. The summed E-state index contributed by atoms with van der Waals surface area (Å²) in [5.41, 5.74) is 6.13. The maximum atomic E-state index is 14.7. The Morgan fingerprint density at radius 3 is 2.17 bits per heavy atom. The lowest BCUT2D eigenvalue weighted by Crippen LogP contribution is -2.58. The van der Waals surface area contributed by atoms with Gasteiger partial charge in [0.25, 0.3) is 17.5 Å². The van der Waals surface area contributed by atoms with Crippen LogP contribution < -0.4 is 27.0 Å². The molecule has 0 aromatic heterocycles. The fourth-order valence-electron chi connectivity index (χ4n) is 7.68. The van der Waals surface area contributed by atoms with Crippen LogP contribution in [0.2, 0.25) is 0 Å². The average Bonchev–Trinajstić information content (AvgIpc) is 3.70. The van der Waals surface area contributed by atoms with E-state index >= 15 is 0 Å². The molecule has 5 rings (SSSR count). The summed E-state index contributed by atoms with van der Waals surface area (Å²) in [7, 11) is 0. The third-order valence-corrected chi connectivity index (χ3v) is 10.8. The second-order valence-corrected chi connectivity index (χ2v) is 15.0. The van der Waals surface area contributed by atoms with Gasteiger partial charge in [-0.15, -0.1) is 0 Å². The first-order valence-corrected chi connectivity index (χ1v) is 20.1. The largest absolute Gasteiger partial charge is 0.372 e. The molecule has 3 aromatic rings. The van der Waals surface area contributed by atoms with Gasteiger partial charge in [-0.25, -0.2) is 0 Å². The molecule has 1 saturated heterocycles. The summed E-state index contributed by atoms with van der Waals surface area (Å²) in [6, 6.07) is 18.1. The van der Waals surface area contributed by atoms with Crippen LogP contribution in [-0.4, -0.2) is 88.4 Å². The van der Waals surface area contributed by atoms with Crippen LogP contribution in [0.15, 0.2) is 84.9 Å². The molecule has 2 aliphatic rings. The van der Waals surface area contributed by atoms with Crippen LogP contribution in [0.5, 0.6) is 0 Å². The minimum atomic E-state index is -1.33. The van der Waals surface area contributed by atoms with Crippen molar-refractivity contribution in [2.75, 3.05) is 13.1 Å². The molecule has 6 amide bonds. The van der Waals surface area contributed by atoms with Gasteiger partial charge in [0, 0.05) is 19.0 Å². The lowest BCUT2D eigenvalue weighted by atomic mass is 9.83. The second kappa shape index (κ2) is 21.5. The van der Waals surface area contributed by atoms with E-state index in [0.717, 1.165) is 24.8 Å². The van der Waals surface area contributed by atoms with E-state index in [0.29, 0.717) is 24.8 Å². The second-order valence-electron chi connectivity index (χ2n) is 15.0. The van der Waals surface area contributed by atoms with E-state index in [-0.39, 0.29) is 37.5 Å². The highest BCUT2D eigenvalue weighted by Gasteiger charge is 2.45. The van der Waals surface area contributed by atoms with Crippen molar-refractivity contribution < 1.29 is 43.2 Å². The summed E-state index contributed by atoms with van der Waals surface area (Å²) >= 11 is 0. The van der Waals surface area contributed by atoms with Crippen molar-refractivity contribution in [2.45, 2.75) is 95.2 Å². The maximum absolute atomic E-state index is 14.7. The molecule has 1 aliphatic heterocycles. The lowest BCUT2D eigenvalue weighted by Gasteiger charge is -2.34. The quantitative estimate of drug-likeness (QED) is 0.0672. The zero-order chi connectivity index (χ0) is 43.2. The molecule has 0 spiro atoms. The number of hydrogen-bond donors (Lipinski definition) is 5. The van der Waals surface area contributed by atoms with Crippen molar-refractivity contribution in [3.05, 3.63) is 112 Å². The third-order valence-electron chi connectivity index (χ3n) is 10.8. The molecule has 5 atom stereocenters. The first-order valence-electron chi connectivity index (χ1n) is 20.1. The number of primary amides is 1. The van der Waals surface area contributed by atoms with Gasteiger partial charge < -0.3 is 36.6 Å². The summed E-state index contributed by atoms with van der Waals surface area (Å²) in [5, 5.41) is 21.9. The number of hydrogen-bond acceptors (Lipinski definition) is 10. The number of ketones is 1. The molecule has 0 bridgehead atoms. The Morgan fingerprint density at radius 2 is 1.52 bits per heavy atom. The van der Waals surface area contributed by atoms with Crippen LogP contribution in [0.25, 0.3) is 0 Å². The van der Waals surface area contributed by atoms with Crippen LogP contribution in [-0.2, 0) is 40.1 Å². The number of likely N-dealkylation sites (tertiary alicyclic amines) is 1. The number of nitrogens with one attached hydrogen (secondary N) is 4. The molecule has 17 heteroatoms. The number of ether oxygens (including phenoxy) is 1. The van der Waals surface area contributed by atoms with Crippen molar-refractivity contribution in [3.63, 3.8) is 0 Å². The van der Waals surface area contributed by atoms with E-state index in [1.165, 1.54) is 29.2 Å². The van der Waals surface area contributed by atoms with E-state index in [2.05, 4.69) is 21.3 Å². The molecule has 1 aliphatic carbocycles. The number of carbonyl (C=O) groups is 7. The molecule has 1 saturated carbocycles. The monoisotopic (exact) mass is 825 g/mol. The summed E-state index contributed by atoms with van der Waals surface area (Å²) < 4.78 is 6.20. The van der Waals surface area contributed by atoms with Crippen molar-refractivity contribution in [1.82, 2.24) is 26.2 Å². The molecule has 17 nitrogen and oxygen atoms in total. The Morgan fingerprint density at radius 1 is 0.867 bits per heavy atom. The van der Waals surface area contributed by atoms with Gasteiger partial charge in [-0.3, -0.25) is 43.7 Å². The van der Waals surface area contributed by atoms with Crippen molar-refractivity contribution in [2.24, 2.45) is 11.7 Å². The van der Waals surface area contributed by atoms with Crippen LogP contribution in [0, 0.1) is 16.0 Å². The number of amides is 6. The number of Topliss-reactive ketones (excluding diaryl/α,β-unsaturated/α-hetero) is 1. The number of para-hydroxylation sites is 1. The summed E-state index contributed by atoms with van der Waals surface area (Å²) in [5.74, 6) is -6.24. The number of nitro benzene ring substituents is 1. The Balaban J connectivity index is 1.33. The van der Waals surface area contributed by atoms with Crippen LogP contribution in [0.3, 0.4) is 0 Å². The summed E-state index contributed by atoms with van der Waals surface area (Å²) in [6.45, 7) is 1.22. The van der Waals surface area contributed by atoms with Gasteiger partial charge in [0.1, 0.15) is 23.7 Å². The normalized spacial score (nSPS) is 18.0. The van der Waals surface area contributed by atoms with Gasteiger partial charge in [0.15, 0.2) is 0 Å². The highest BCUT2D eigenvalue weighted by molar-refractivity contribution is 6.38. The molecule has 60 heavy (non-hydrogen) atoms. The predicted molar refractivity (Wildman–Crippen MR) is 217 cm³/mol. The standard InChI is InChI=1S/C43H51N7O10/c1-2-14-32(38(52)42(56)45-24-35(51)47-36(39(44)53)28-17-8-4-9-18-28)46-41(55)34-23-30(60-26-27-15-6-3-7-16-27)25-49(34)43(57)37(29-19-10-5-11-20-29)48-40(54)31-21-12-13-22-33(31)50(58)59/h3-4,6-9,12-13,15-18,21-22,29-30,32,34,36-37H,2,5,10-11,14,19-20,23-26H2,1H3,(H2,44,53)(H,45,56)(H,46,55)(H,47,51)(H,48,54)/t30-,32?,34+,36?,37?/m1/s1. The molecule has 1 heterocycles. The van der Waals surface area contributed by atoms with Gasteiger partial charge in [-0.2, -0.15) is 0 Å². The van der Waals surface area contributed by atoms with Crippen LogP contribution in [0.4, 0.5) is 5.69 Å². The lowest BCUT2D eigenvalue weighted by molar-refractivity contribution is -0.385. The zero-order valence-corrected chi connectivity index (χ0v) is 33.4. The minimum absolute atomic E-state index is 0.0295. The van der Waals surface area contributed by atoms with E-state index in [1.807, 2.05) is 30.3 Å². The molecule has 3 aromatic carbocycles. The number of rotatable bonds is 19. The maximum Gasteiger partial charge on any atom is 0.290 e. The first-order chi connectivity index (χ1) is 28.9. The third kappa shape index (κ3) is 11.8. The molecule has 318 valence electrons. The molecule has 2 fully saturated rings. The number of carbonyl (C=O) groups excluding carboxylic acids is 7. The van der Waals surface area contributed by atoms with Gasteiger partial charge in [0.05, 0.1) is 30.2 Å². The van der Waals surface area contributed by atoms with Crippen LogP contribution in [0.1, 0.15) is 85.8 Å². The SMILES string of the molecule is CCCC(NC(=O)[C@@H]1C[C@@H](OCc2ccccc2)CN1C(=O)C(NC(=O)c1ccccc1[N+](=O)[O-])C1CCCCC1)C(=O)C(=O)NCC(=O)NC(C(N)=O)c1ccccc1. The predicted octanol–water partition coefficient (Wildman–Crippen LogP) is 2.77. The molecular weight excluding hydrogens is 775 g/mol. The van der Waals surface area contributed by atoms with E-state index in [4.69, 9.17) is 10.5 Å². The van der Waals surface area contributed by atoms with Crippen LogP contribution >= 0.6 is 0 Å². The minimum Gasteiger partial charge on any atom is -0.372 e. The van der Waals surface area contributed by atoms with Gasteiger partial charge in [-0.1, -0.05) is 105 Å². The van der Waals surface area contributed by atoms with Gasteiger partial charge in [0.2, 0.25) is 29.4 Å². The molecule has 3 unspecified atom stereocenters. The van der Waals surface area contributed by atoms with Crippen molar-refractivity contribution >= 4 is 46.9 Å². The molecule has 6 N–H and O–H groups in total. The van der Waals surface area contributed by atoms with Gasteiger partial charge >= 0.3 is 0 Å². The highest BCUT2D eigenvalue weighted by atomic mass is 16.6. The molecular formula is C43H51N7O10. The Kier molecular flexibility index (Phi) is 16.0. The first kappa shape index (κ1) is 44.6. The zero-order valence-electron chi connectivity index (χ0n) is 33.4. The van der Waals surface area contributed by atoms with E-state index in [1.54, 1.807) is 37.3 Å². The van der Waals surface area contributed by atoms with Crippen molar-refractivity contribution in [1.29, 1.82) is 0 Å². The highest BCUT2D eigenvalue weighted by Crippen LogP contribution is 2.31.